The molecule has 0 heterocycles. The maximum absolute atomic E-state index is 10.5. The van der Waals surface area contributed by atoms with Crippen LogP contribution in [0.4, 0.5) is 0 Å². The van der Waals surface area contributed by atoms with Crippen LogP contribution >= 0.6 is 34.8 Å². The summed E-state index contributed by atoms with van der Waals surface area (Å²) in [5, 5.41) is 9.98. The Labute approximate surface area is 148 Å². The summed E-state index contributed by atoms with van der Waals surface area (Å²) in [5.41, 5.74) is 0. The fourth-order valence-electron chi connectivity index (χ4n) is 1.76. The lowest BCUT2D eigenvalue weighted by Crippen LogP contribution is -2.03. The minimum atomic E-state index is -0.871. The predicted octanol–water partition coefficient (Wildman–Crippen LogP) is 5.68. The molecule has 23 heavy (non-hydrogen) atoms. The smallest absolute Gasteiger partial charge is 0.303 e. The third-order valence-electron chi connectivity index (χ3n) is 2.81. The number of aliphatic carboxylic acids is 1. The average molecular weight is 376 g/mol. The van der Waals surface area contributed by atoms with E-state index >= 15 is 0 Å². The van der Waals surface area contributed by atoms with Crippen molar-refractivity contribution in [1.29, 1.82) is 0 Å². The van der Waals surface area contributed by atoms with Gasteiger partial charge in [-0.05, 0) is 36.8 Å². The Morgan fingerprint density at radius 1 is 0.957 bits per heavy atom. The molecule has 0 bridgehead atoms. The van der Waals surface area contributed by atoms with E-state index in [0.717, 1.165) is 0 Å². The molecule has 0 unspecified atom stereocenters. The lowest BCUT2D eigenvalue weighted by molar-refractivity contribution is -0.137. The molecule has 2 rings (SSSR count). The molecule has 4 nitrogen and oxygen atoms in total. The first kappa shape index (κ1) is 17.7. The van der Waals surface area contributed by atoms with Crippen molar-refractivity contribution in [3.8, 4) is 17.2 Å². The Morgan fingerprint density at radius 3 is 2.26 bits per heavy atom. The van der Waals surface area contributed by atoms with Gasteiger partial charge in [0.2, 0.25) is 0 Å². The zero-order chi connectivity index (χ0) is 16.8. The molecule has 0 spiro atoms. The molecule has 7 heteroatoms. The second-order valence-electron chi connectivity index (χ2n) is 4.61. The summed E-state index contributed by atoms with van der Waals surface area (Å²) in [4.78, 5) is 10.5. The van der Waals surface area contributed by atoms with Gasteiger partial charge in [0.25, 0.3) is 0 Å². The van der Waals surface area contributed by atoms with Crippen molar-refractivity contribution >= 4 is 40.8 Å². The molecule has 0 radical (unpaired) electrons. The van der Waals surface area contributed by atoms with Crippen LogP contribution in [0.3, 0.4) is 0 Å². The Bertz CT molecular complexity index is 704. The van der Waals surface area contributed by atoms with E-state index in [9.17, 15) is 4.79 Å². The first-order valence-electron chi connectivity index (χ1n) is 6.73. The fraction of sp³-hybridized carbons (Fsp3) is 0.188. The topological polar surface area (TPSA) is 55.8 Å². The third kappa shape index (κ3) is 5.50. The van der Waals surface area contributed by atoms with Gasteiger partial charge < -0.3 is 14.6 Å². The summed E-state index contributed by atoms with van der Waals surface area (Å²) in [7, 11) is 0. The number of rotatable bonds is 7. The molecule has 2 aromatic rings. The zero-order valence-corrected chi connectivity index (χ0v) is 14.2. The van der Waals surface area contributed by atoms with Crippen LogP contribution in [0.25, 0.3) is 0 Å². The van der Waals surface area contributed by atoms with Crippen molar-refractivity contribution < 1.29 is 19.4 Å². The quantitative estimate of drug-likeness (QED) is 0.632. The number of carbonyl (C=O) groups is 1. The molecule has 0 saturated heterocycles. The molecular weight excluding hydrogens is 363 g/mol. The van der Waals surface area contributed by atoms with Gasteiger partial charge >= 0.3 is 5.97 Å². The number of carboxylic acids is 1. The van der Waals surface area contributed by atoms with E-state index in [0.29, 0.717) is 38.7 Å². The van der Waals surface area contributed by atoms with Crippen LogP contribution in [0.5, 0.6) is 17.2 Å². The highest BCUT2D eigenvalue weighted by Gasteiger charge is 2.10. The van der Waals surface area contributed by atoms with Crippen LogP contribution in [-0.4, -0.2) is 17.7 Å². The molecule has 0 atom stereocenters. The zero-order valence-electron chi connectivity index (χ0n) is 11.9. The predicted molar refractivity (Wildman–Crippen MR) is 90.4 cm³/mol. The van der Waals surface area contributed by atoms with E-state index in [1.54, 1.807) is 36.4 Å². The third-order valence-corrected chi connectivity index (χ3v) is 3.58. The van der Waals surface area contributed by atoms with Gasteiger partial charge in [0.1, 0.15) is 5.75 Å². The van der Waals surface area contributed by atoms with Crippen LogP contribution in [0.15, 0.2) is 36.4 Å². The summed E-state index contributed by atoms with van der Waals surface area (Å²) in [6.07, 6.45) is 0.406. The molecule has 0 aliphatic carbocycles. The number of carboxylic acid groups (broad SMARTS) is 1. The highest BCUT2D eigenvalue weighted by molar-refractivity contribution is 6.35. The van der Waals surface area contributed by atoms with Crippen molar-refractivity contribution in [1.82, 2.24) is 0 Å². The average Bonchev–Trinajstić information content (AvgIpc) is 2.48. The monoisotopic (exact) mass is 374 g/mol. The van der Waals surface area contributed by atoms with E-state index in [-0.39, 0.29) is 13.0 Å². The molecule has 122 valence electrons. The lowest BCUT2D eigenvalue weighted by Gasteiger charge is -2.13. The van der Waals surface area contributed by atoms with Crippen LogP contribution in [0.2, 0.25) is 15.1 Å². The van der Waals surface area contributed by atoms with Crippen LogP contribution in [0, 0.1) is 0 Å². The van der Waals surface area contributed by atoms with Crippen LogP contribution < -0.4 is 9.47 Å². The van der Waals surface area contributed by atoms with Gasteiger partial charge in [-0.3, -0.25) is 4.79 Å². The van der Waals surface area contributed by atoms with Gasteiger partial charge in [-0.15, -0.1) is 0 Å². The molecule has 0 aliphatic heterocycles. The summed E-state index contributed by atoms with van der Waals surface area (Å²) >= 11 is 17.9. The number of hydrogen-bond donors (Lipinski definition) is 1. The second kappa shape index (κ2) is 8.29. The lowest BCUT2D eigenvalue weighted by atomic mass is 10.3. The van der Waals surface area contributed by atoms with Gasteiger partial charge in [0, 0.05) is 22.5 Å². The Hall–Kier alpha value is -1.62. The summed E-state index contributed by atoms with van der Waals surface area (Å²) in [6.45, 7) is 0.233. The van der Waals surface area contributed by atoms with E-state index < -0.39 is 5.97 Å². The highest BCUT2D eigenvalue weighted by Crippen LogP contribution is 2.37. The molecule has 0 amide bonds. The molecular formula is C16H13Cl3O4. The summed E-state index contributed by atoms with van der Waals surface area (Å²) in [5.74, 6) is 0.390. The Morgan fingerprint density at radius 2 is 1.61 bits per heavy atom. The first-order valence-corrected chi connectivity index (χ1v) is 7.86. The van der Waals surface area contributed by atoms with E-state index in [1.807, 2.05) is 0 Å². The Kier molecular flexibility index (Phi) is 6.39. The van der Waals surface area contributed by atoms with E-state index in [2.05, 4.69) is 0 Å². The van der Waals surface area contributed by atoms with E-state index in [4.69, 9.17) is 49.4 Å². The summed E-state index contributed by atoms with van der Waals surface area (Å²) in [6, 6.07) is 9.79. The molecule has 1 N–H and O–H groups in total. The van der Waals surface area contributed by atoms with Crippen molar-refractivity contribution in [2.75, 3.05) is 6.61 Å². The van der Waals surface area contributed by atoms with Crippen molar-refractivity contribution in [3.63, 3.8) is 0 Å². The van der Waals surface area contributed by atoms with Gasteiger partial charge in [0.05, 0.1) is 11.6 Å². The second-order valence-corrected chi connectivity index (χ2v) is 5.89. The van der Waals surface area contributed by atoms with Gasteiger partial charge in [-0.1, -0.05) is 34.8 Å². The molecule has 2 aromatic carbocycles. The highest BCUT2D eigenvalue weighted by atomic mass is 35.5. The number of hydrogen-bond acceptors (Lipinski definition) is 3. The number of benzene rings is 2. The molecule has 0 aromatic heterocycles. The number of ether oxygens (including phenoxy) is 2. The van der Waals surface area contributed by atoms with Crippen LogP contribution in [0.1, 0.15) is 12.8 Å². The SMILES string of the molecule is O=C(O)CCCOc1cc(Cl)ccc1Oc1ccc(Cl)cc1Cl. The molecule has 0 saturated carbocycles. The van der Waals surface area contributed by atoms with Gasteiger partial charge in [-0.25, -0.2) is 0 Å². The fourth-order valence-corrected chi connectivity index (χ4v) is 2.37. The standard InChI is InChI=1S/C16H13Cl3O4/c17-10-3-5-13(12(19)8-10)23-14-6-4-11(18)9-15(14)22-7-1-2-16(20)21/h3-6,8-9H,1-2,7H2,(H,20,21). The largest absolute Gasteiger partial charge is 0.490 e. The first-order chi connectivity index (χ1) is 11.0. The van der Waals surface area contributed by atoms with Crippen LogP contribution in [-0.2, 0) is 4.79 Å². The minimum absolute atomic E-state index is 0.0275. The minimum Gasteiger partial charge on any atom is -0.490 e. The maximum Gasteiger partial charge on any atom is 0.303 e. The molecule has 0 aliphatic rings. The van der Waals surface area contributed by atoms with Crippen molar-refractivity contribution in [2.45, 2.75) is 12.8 Å². The van der Waals surface area contributed by atoms with E-state index in [1.165, 1.54) is 0 Å². The summed E-state index contributed by atoms with van der Waals surface area (Å²) < 4.78 is 11.3. The molecule has 0 fully saturated rings. The normalized spacial score (nSPS) is 10.4. The van der Waals surface area contributed by atoms with Gasteiger partial charge in [0.15, 0.2) is 11.5 Å². The van der Waals surface area contributed by atoms with Crippen molar-refractivity contribution in [2.24, 2.45) is 0 Å². The van der Waals surface area contributed by atoms with Gasteiger partial charge in [-0.2, -0.15) is 0 Å². The maximum atomic E-state index is 10.5. The Balaban J connectivity index is 2.12. The number of halogens is 3. The van der Waals surface area contributed by atoms with Crippen molar-refractivity contribution in [3.05, 3.63) is 51.5 Å².